The number of hydrogen-bond acceptors (Lipinski definition) is 3. The second-order valence-electron chi connectivity index (χ2n) is 8.21. The molecule has 0 radical (unpaired) electrons. The van der Waals surface area contributed by atoms with Crippen molar-refractivity contribution < 1.29 is 4.74 Å². The van der Waals surface area contributed by atoms with Gasteiger partial charge in [0.1, 0.15) is 11.9 Å². The van der Waals surface area contributed by atoms with Gasteiger partial charge in [0.25, 0.3) is 0 Å². The minimum atomic E-state index is 0. The molecule has 0 unspecified atom stereocenters. The standard InChI is InChI=1S/C26H33N5O.HI/c1-21-22(20-31(29-21)23-11-5-3-6-12-23)10-9-17-28-26(27-2)30-18-15-25(16-19-30)32-24-13-7-4-8-14-24;/h3-8,11-14,20,25H,9-10,15-19H2,1-2H3,(H,27,28);1H. The quantitative estimate of drug-likeness (QED) is 0.195. The van der Waals surface area contributed by atoms with Crippen LogP contribution in [0.2, 0.25) is 0 Å². The van der Waals surface area contributed by atoms with Crippen molar-refractivity contribution >= 4 is 29.9 Å². The number of likely N-dealkylation sites (tertiary alicyclic amines) is 1. The van der Waals surface area contributed by atoms with Gasteiger partial charge in [0.05, 0.1) is 11.4 Å². The lowest BCUT2D eigenvalue weighted by Gasteiger charge is -2.34. The molecule has 0 aliphatic carbocycles. The van der Waals surface area contributed by atoms with Gasteiger partial charge < -0.3 is 15.0 Å². The van der Waals surface area contributed by atoms with Crippen LogP contribution in [0.3, 0.4) is 0 Å². The number of nitrogens with one attached hydrogen (secondary N) is 1. The van der Waals surface area contributed by atoms with Crippen molar-refractivity contribution in [3.05, 3.63) is 78.1 Å². The highest BCUT2D eigenvalue weighted by Gasteiger charge is 2.22. The number of ether oxygens (including phenoxy) is 1. The Labute approximate surface area is 214 Å². The highest BCUT2D eigenvalue weighted by atomic mass is 127. The third kappa shape index (κ3) is 6.96. The molecule has 33 heavy (non-hydrogen) atoms. The van der Waals surface area contributed by atoms with E-state index < -0.39 is 0 Å². The van der Waals surface area contributed by atoms with E-state index in [2.05, 4.69) is 45.6 Å². The summed E-state index contributed by atoms with van der Waals surface area (Å²) in [4.78, 5) is 6.84. The molecule has 0 bridgehead atoms. The van der Waals surface area contributed by atoms with Gasteiger partial charge in [0.15, 0.2) is 5.96 Å². The molecule has 3 aromatic rings. The number of aryl methyl sites for hydroxylation is 2. The Morgan fingerprint density at radius 2 is 1.73 bits per heavy atom. The first-order chi connectivity index (χ1) is 15.7. The topological polar surface area (TPSA) is 54.7 Å². The molecule has 1 aliphatic heterocycles. The lowest BCUT2D eigenvalue weighted by atomic mass is 10.1. The fourth-order valence-electron chi connectivity index (χ4n) is 4.14. The lowest BCUT2D eigenvalue weighted by Crippen LogP contribution is -2.47. The number of para-hydroxylation sites is 2. The number of piperidine rings is 1. The Hall–Kier alpha value is -2.55. The Morgan fingerprint density at radius 1 is 1.06 bits per heavy atom. The summed E-state index contributed by atoms with van der Waals surface area (Å²) in [6, 6.07) is 20.4. The highest BCUT2D eigenvalue weighted by Crippen LogP contribution is 2.19. The Balaban J connectivity index is 0.00000306. The van der Waals surface area contributed by atoms with E-state index in [1.54, 1.807) is 0 Å². The van der Waals surface area contributed by atoms with E-state index >= 15 is 0 Å². The smallest absolute Gasteiger partial charge is 0.193 e. The maximum absolute atomic E-state index is 6.11. The Kier molecular flexibility index (Phi) is 9.60. The molecule has 0 atom stereocenters. The van der Waals surface area contributed by atoms with Crippen molar-refractivity contribution in [2.45, 2.75) is 38.7 Å². The van der Waals surface area contributed by atoms with Gasteiger partial charge >= 0.3 is 0 Å². The van der Waals surface area contributed by atoms with E-state index in [4.69, 9.17) is 4.74 Å². The first kappa shape index (κ1) is 25.1. The number of rotatable bonds is 7. The fourth-order valence-corrected chi connectivity index (χ4v) is 4.14. The maximum atomic E-state index is 6.11. The van der Waals surface area contributed by atoms with E-state index in [0.717, 1.165) is 68.4 Å². The van der Waals surface area contributed by atoms with Crippen LogP contribution in [-0.2, 0) is 6.42 Å². The van der Waals surface area contributed by atoms with Gasteiger partial charge in [-0.25, -0.2) is 4.68 Å². The zero-order chi connectivity index (χ0) is 22.2. The molecule has 1 aliphatic rings. The monoisotopic (exact) mass is 559 g/mol. The molecule has 0 saturated carbocycles. The summed E-state index contributed by atoms with van der Waals surface area (Å²) in [6.45, 7) is 4.89. The van der Waals surface area contributed by atoms with Crippen LogP contribution >= 0.6 is 24.0 Å². The number of guanidine groups is 1. The van der Waals surface area contributed by atoms with Gasteiger partial charge in [0.2, 0.25) is 0 Å². The molecular weight excluding hydrogens is 525 g/mol. The summed E-state index contributed by atoms with van der Waals surface area (Å²) in [5, 5.41) is 8.21. The van der Waals surface area contributed by atoms with Crippen LogP contribution in [0, 0.1) is 6.92 Å². The SMILES string of the molecule is CN=C(NCCCc1cn(-c2ccccc2)nc1C)N1CCC(Oc2ccccc2)CC1.I. The predicted octanol–water partition coefficient (Wildman–Crippen LogP) is 4.85. The lowest BCUT2D eigenvalue weighted by molar-refractivity contribution is 0.129. The van der Waals surface area contributed by atoms with Crippen LogP contribution in [0.1, 0.15) is 30.5 Å². The number of halogens is 1. The number of nitrogens with zero attached hydrogens (tertiary/aromatic N) is 4. The number of aromatic nitrogens is 2. The molecule has 1 aromatic heterocycles. The first-order valence-electron chi connectivity index (χ1n) is 11.5. The first-order valence-corrected chi connectivity index (χ1v) is 11.5. The van der Waals surface area contributed by atoms with E-state index in [-0.39, 0.29) is 30.1 Å². The third-order valence-electron chi connectivity index (χ3n) is 5.93. The third-order valence-corrected chi connectivity index (χ3v) is 5.93. The van der Waals surface area contributed by atoms with Crippen molar-refractivity contribution in [2.24, 2.45) is 4.99 Å². The van der Waals surface area contributed by atoms with E-state index in [9.17, 15) is 0 Å². The summed E-state index contributed by atoms with van der Waals surface area (Å²) in [7, 11) is 1.86. The van der Waals surface area contributed by atoms with Gasteiger partial charge in [-0.05, 0) is 49.6 Å². The molecule has 2 aromatic carbocycles. The Morgan fingerprint density at radius 3 is 2.39 bits per heavy atom. The molecule has 2 heterocycles. The average molecular weight is 559 g/mol. The van der Waals surface area contributed by atoms with E-state index in [1.165, 1.54) is 5.56 Å². The molecule has 1 fully saturated rings. The predicted molar refractivity (Wildman–Crippen MR) is 145 cm³/mol. The molecule has 0 spiro atoms. The maximum Gasteiger partial charge on any atom is 0.193 e. The second kappa shape index (κ2) is 12.6. The van der Waals surface area contributed by atoms with Gasteiger partial charge in [-0.3, -0.25) is 4.99 Å². The summed E-state index contributed by atoms with van der Waals surface area (Å²) in [6.07, 6.45) is 6.47. The molecule has 0 amide bonds. The Bertz CT molecular complexity index is 998. The van der Waals surface area contributed by atoms with Crippen molar-refractivity contribution in [3.63, 3.8) is 0 Å². The normalized spacial score (nSPS) is 14.6. The molecule has 7 heteroatoms. The highest BCUT2D eigenvalue weighted by molar-refractivity contribution is 14.0. The zero-order valence-electron chi connectivity index (χ0n) is 19.5. The van der Waals surface area contributed by atoms with Crippen LogP contribution in [0.5, 0.6) is 5.75 Å². The van der Waals surface area contributed by atoms with Gasteiger partial charge in [-0.1, -0.05) is 36.4 Å². The fraction of sp³-hybridized carbons (Fsp3) is 0.385. The summed E-state index contributed by atoms with van der Waals surface area (Å²) >= 11 is 0. The van der Waals surface area contributed by atoms with Crippen LogP contribution in [0.15, 0.2) is 71.9 Å². The number of hydrogen-bond donors (Lipinski definition) is 1. The van der Waals surface area contributed by atoms with Crippen molar-refractivity contribution in [1.29, 1.82) is 0 Å². The summed E-state index contributed by atoms with van der Waals surface area (Å²) < 4.78 is 8.09. The van der Waals surface area contributed by atoms with Crippen LogP contribution in [-0.4, -0.2) is 53.4 Å². The average Bonchev–Trinajstić information content (AvgIpc) is 3.21. The van der Waals surface area contributed by atoms with Crippen molar-refractivity contribution in [1.82, 2.24) is 20.0 Å². The van der Waals surface area contributed by atoms with Crippen molar-refractivity contribution in [2.75, 3.05) is 26.7 Å². The summed E-state index contributed by atoms with van der Waals surface area (Å²) in [5.74, 6) is 1.94. The molecule has 1 saturated heterocycles. The summed E-state index contributed by atoms with van der Waals surface area (Å²) in [5.41, 5.74) is 3.49. The zero-order valence-corrected chi connectivity index (χ0v) is 21.8. The van der Waals surface area contributed by atoms with Gasteiger partial charge in [-0.15, -0.1) is 24.0 Å². The number of aliphatic imine (C=N–C) groups is 1. The largest absolute Gasteiger partial charge is 0.490 e. The van der Waals surface area contributed by atoms with E-state index in [1.807, 2.05) is 60.3 Å². The molecule has 1 N–H and O–H groups in total. The minimum Gasteiger partial charge on any atom is -0.490 e. The number of benzene rings is 2. The minimum absolute atomic E-state index is 0. The van der Waals surface area contributed by atoms with Crippen LogP contribution < -0.4 is 10.1 Å². The second-order valence-corrected chi connectivity index (χ2v) is 8.21. The van der Waals surface area contributed by atoms with Crippen LogP contribution in [0.25, 0.3) is 5.69 Å². The van der Waals surface area contributed by atoms with Gasteiger partial charge in [0, 0.05) is 45.7 Å². The van der Waals surface area contributed by atoms with E-state index in [0.29, 0.717) is 0 Å². The van der Waals surface area contributed by atoms with Gasteiger partial charge in [-0.2, -0.15) is 5.10 Å². The molecule has 6 nitrogen and oxygen atoms in total. The molecule has 176 valence electrons. The van der Waals surface area contributed by atoms with Crippen molar-refractivity contribution in [3.8, 4) is 11.4 Å². The molecule has 4 rings (SSSR count). The molecular formula is C26H34IN5O. The van der Waals surface area contributed by atoms with Crippen LogP contribution in [0.4, 0.5) is 0 Å².